The molecule has 0 radical (unpaired) electrons. The summed E-state index contributed by atoms with van der Waals surface area (Å²) in [5.41, 5.74) is 4.73. The van der Waals surface area contributed by atoms with Gasteiger partial charge in [0.15, 0.2) is 17.3 Å². The highest BCUT2D eigenvalue weighted by Gasteiger charge is 2.15. The molecule has 1 aliphatic rings. The first-order valence-corrected chi connectivity index (χ1v) is 9.76. The zero-order chi connectivity index (χ0) is 20.5. The van der Waals surface area contributed by atoms with Gasteiger partial charge in [-0.05, 0) is 48.4 Å². The average molecular weight is 400 g/mol. The van der Waals surface area contributed by atoms with Gasteiger partial charge in [0.25, 0.3) is 0 Å². The number of aromatic nitrogens is 3. The van der Waals surface area contributed by atoms with E-state index >= 15 is 0 Å². The van der Waals surface area contributed by atoms with Crippen molar-refractivity contribution < 1.29 is 14.3 Å². The Hall–Kier alpha value is -3.87. The zero-order valence-corrected chi connectivity index (χ0v) is 16.4. The van der Waals surface area contributed by atoms with Crippen molar-refractivity contribution in [2.75, 3.05) is 18.5 Å². The summed E-state index contributed by atoms with van der Waals surface area (Å²) in [7, 11) is 0. The predicted molar refractivity (Wildman–Crippen MR) is 114 cm³/mol. The van der Waals surface area contributed by atoms with Gasteiger partial charge >= 0.3 is 0 Å². The number of hydrogen-bond donors (Lipinski definition) is 2. The smallest absolute Gasteiger partial charge is 0.230 e. The van der Waals surface area contributed by atoms with Crippen LogP contribution >= 0.6 is 0 Å². The van der Waals surface area contributed by atoms with Gasteiger partial charge in [-0.15, -0.1) is 0 Å². The molecule has 1 aliphatic heterocycles. The van der Waals surface area contributed by atoms with E-state index in [9.17, 15) is 4.79 Å². The van der Waals surface area contributed by atoms with Crippen LogP contribution in [0.3, 0.4) is 0 Å². The number of nitrogens with one attached hydrogen (secondary N) is 2. The molecule has 0 saturated heterocycles. The first-order chi connectivity index (χ1) is 14.7. The van der Waals surface area contributed by atoms with Crippen LogP contribution in [-0.4, -0.2) is 34.3 Å². The number of benzene rings is 2. The molecule has 150 valence electrons. The van der Waals surface area contributed by atoms with E-state index in [1.54, 1.807) is 6.20 Å². The number of rotatable bonds is 4. The van der Waals surface area contributed by atoms with Crippen LogP contribution in [0.15, 0.2) is 54.7 Å². The van der Waals surface area contributed by atoms with E-state index in [1.807, 2.05) is 55.5 Å². The Balaban J connectivity index is 1.38. The van der Waals surface area contributed by atoms with E-state index in [2.05, 4.69) is 20.5 Å². The van der Waals surface area contributed by atoms with E-state index in [4.69, 9.17) is 9.47 Å². The molecule has 0 spiro atoms. The summed E-state index contributed by atoms with van der Waals surface area (Å²) in [5.74, 6) is 1.74. The van der Waals surface area contributed by atoms with Crippen molar-refractivity contribution in [3.63, 3.8) is 0 Å². The second-order valence-corrected chi connectivity index (χ2v) is 7.17. The quantitative estimate of drug-likeness (QED) is 0.543. The standard InChI is InChI=1S/C23H20N4O3/c1-14-17(3-2-8-24-14)16-5-6-19-18(13-16)23(27-26-19)25-22(28)12-15-4-7-20-21(11-15)30-10-9-29-20/h2-8,11,13H,9-10,12H2,1H3,(H2,25,26,27,28). The molecule has 0 unspecified atom stereocenters. The van der Waals surface area contributed by atoms with Crippen molar-refractivity contribution in [1.29, 1.82) is 0 Å². The first kappa shape index (κ1) is 18.2. The number of pyridine rings is 1. The van der Waals surface area contributed by atoms with Gasteiger partial charge in [0.05, 0.1) is 11.9 Å². The second-order valence-electron chi connectivity index (χ2n) is 7.17. The Morgan fingerprint density at radius 3 is 2.83 bits per heavy atom. The highest BCUT2D eigenvalue weighted by Crippen LogP contribution is 2.31. The van der Waals surface area contributed by atoms with Crippen molar-refractivity contribution >= 4 is 22.6 Å². The van der Waals surface area contributed by atoms with Crippen LogP contribution in [0.2, 0.25) is 0 Å². The predicted octanol–water partition coefficient (Wildman–Crippen LogP) is 3.89. The fourth-order valence-electron chi connectivity index (χ4n) is 3.63. The lowest BCUT2D eigenvalue weighted by atomic mass is 10.0. The number of H-pyrrole nitrogens is 1. The third-order valence-corrected chi connectivity index (χ3v) is 5.11. The normalized spacial score (nSPS) is 12.7. The van der Waals surface area contributed by atoms with Crippen LogP contribution < -0.4 is 14.8 Å². The summed E-state index contributed by atoms with van der Waals surface area (Å²) < 4.78 is 11.1. The van der Waals surface area contributed by atoms with Crippen LogP contribution in [0.4, 0.5) is 5.82 Å². The molecule has 0 aliphatic carbocycles. The molecule has 2 aromatic carbocycles. The lowest BCUT2D eigenvalue weighted by Gasteiger charge is -2.18. The molecule has 0 saturated carbocycles. The maximum atomic E-state index is 12.7. The number of fused-ring (bicyclic) bond motifs is 2. The molecule has 2 N–H and O–H groups in total. The number of aromatic amines is 1. The van der Waals surface area contributed by atoms with Gasteiger partial charge in [0, 0.05) is 22.8 Å². The van der Waals surface area contributed by atoms with Crippen LogP contribution in [0.5, 0.6) is 11.5 Å². The number of hydrogen-bond acceptors (Lipinski definition) is 5. The van der Waals surface area contributed by atoms with Crippen molar-refractivity contribution in [3.8, 4) is 22.6 Å². The molecule has 1 amide bonds. The van der Waals surface area contributed by atoms with Gasteiger partial charge in [0.2, 0.25) is 5.91 Å². The van der Waals surface area contributed by atoms with Gasteiger partial charge in [-0.2, -0.15) is 5.10 Å². The lowest BCUT2D eigenvalue weighted by molar-refractivity contribution is -0.115. The third-order valence-electron chi connectivity index (χ3n) is 5.11. The van der Waals surface area contributed by atoms with Gasteiger partial charge < -0.3 is 14.8 Å². The van der Waals surface area contributed by atoms with Gasteiger partial charge in [-0.25, -0.2) is 0 Å². The number of aryl methyl sites for hydroxylation is 1. The Bertz CT molecular complexity index is 1250. The van der Waals surface area contributed by atoms with Gasteiger partial charge in [0.1, 0.15) is 13.2 Å². The average Bonchev–Trinajstić information content (AvgIpc) is 3.16. The molecule has 7 nitrogen and oxygen atoms in total. The molecule has 4 aromatic rings. The topological polar surface area (TPSA) is 89.1 Å². The van der Waals surface area contributed by atoms with E-state index in [0.717, 1.165) is 33.3 Å². The summed E-state index contributed by atoms with van der Waals surface area (Å²) in [4.78, 5) is 17.0. The number of amides is 1. The maximum Gasteiger partial charge on any atom is 0.230 e. The summed E-state index contributed by atoms with van der Waals surface area (Å²) in [6, 6.07) is 15.5. The number of nitrogens with zero attached hydrogens (tertiary/aromatic N) is 2. The summed E-state index contributed by atoms with van der Waals surface area (Å²) >= 11 is 0. The van der Waals surface area contributed by atoms with E-state index in [0.29, 0.717) is 30.5 Å². The molecule has 5 rings (SSSR count). The minimum Gasteiger partial charge on any atom is -0.486 e. The molecule has 7 heteroatoms. The fraction of sp³-hybridized carbons (Fsp3) is 0.174. The monoisotopic (exact) mass is 400 g/mol. The lowest BCUT2D eigenvalue weighted by Crippen LogP contribution is -2.17. The van der Waals surface area contributed by atoms with Crippen molar-refractivity contribution in [2.24, 2.45) is 0 Å². The second kappa shape index (κ2) is 7.51. The third kappa shape index (κ3) is 3.45. The SMILES string of the molecule is Cc1ncccc1-c1ccc2[nH]nc(NC(=O)Cc3ccc4c(c3)OCCO4)c2c1. The molecule has 0 bridgehead atoms. The first-order valence-electron chi connectivity index (χ1n) is 9.76. The highest BCUT2D eigenvalue weighted by atomic mass is 16.6. The Kier molecular flexibility index (Phi) is 4.55. The van der Waals surface area contributed by atoms with Crippen LogP contribution in [0.1, 0.15) is 11.3 Å². The number of carbonyl (C=O) groups excluding carboxylic acids is 1. The molecular weight excluding hydrogens is 380 g/mol. The largest absolute Gasteiger partial charge is 0.486 e. The zero-order valence-electron chi connectivity index (χ0n) is 16.4. The number of ether oxygens (including phenoxy) is 2. The van der Waals surface area contributed by atoms with Crippen LogP contribution in [0.25, 0.3) is 22.0 Å². The van der Waals surface area contributed by atoms with Gasteiger partial charge in [-0.3, -0.25) is 14.9 Å². The van der Waals surface area contributed by atoms with Crippen molar-refractivity contribution in [2.45, 2.75) is 13.3 Å². The van der Waals surface area contributed by atoms with Crippen LogP contribution in [0, 0.1) is 6.92 Å². The molecule has 30 heavy (non-hydrogen) atoms. The van der Waals surface area contributed by atoms with Crippen molar-refractivity contribution in [3.05, 3.63) is 66.0 Å². The minimum atomic E-state index is -0.150. The van der Waals surface area contributed by atoms with E-state index < -0.39 is 0 Å². The molecule has 0 atom stereocenters. The van der Waals surface area contributed by atoms with Crippen molar-refractivity contribution in [1.82, 2.24) is 15.2 Å². The van der Waals surface area contributed by atoms with Crippen LogP contribution in [-0.2, 0) is 11.2 Å². The molecule has 2 aromatic heterocycles. The summed E-state index contributed by atoms with van der Waals surface area (Å²) in [5, 5.41) is 11.0. The molecule has 3 heterocycles. The van der Waals surface area contributed by atoms with E-state index in [-0.39, 0.29) is 12.3 Å². The Morgan fingerprint density at radius 2 is 1.97 bits per heavy atom. The maximum absolute atomic E-state index is 12.7. The summed E-state index contributed by atoms with van der Waals surface area (Å²) in [6.45, 7) is 3.03. The Labute approximate surface area is 173 Å². The minimum absolute atomic E-state index is 0.150. The Morgan fingerprint density at radius 1 is 1.10 bits per heavy atom. The fourth-order valence-corrected chi connectivity index (χ4v) is 3.63. The highest BCUT2D eigenvalue weighted by molar-refractivity contribution is 6.01. The van der Waals surface area contributed by atoms with E-state index in [1.165, 1.54) is 0 Å². The van der Waals surface area contributed by atoms with Gasteiger partial charge in [-0.1, -0.05) is 18.2 Å². The molecular formula is C23H20N4O3. The molecule has 0 fully saturated rings. The number of anilines is 1. The number of carbonyl (C=O) groups is 1. The summed E-state index contributed by atoms with van der Waals surface area (Å²) in [6.07, 6.45) is 1.99.